The molecule has 1 atom stereocenters. The molecule has 2 rings (SSSR count). The number of nitrogens with two attached hydrogens (primary N) is 1. The third kappa shape index (κ3) is 6.75. The second-order valence-electron chi connectivity index (χ2n) is 6.47. The number of carbonyl (C=O) groups excluding carboxylic acids is 1. The molecule has 0 aliphatic carbocycles. The number of sulfonamides is 1. The number of nitrogens with one attached hydrogen (secondary N) is 1. The van der Waals surface area contributed by atoms with Crippen LogP contribution in [0.5, 0.6) is 28.7 Å². The predicted molar refractivity (Wildman–Crippen MR) is 121 cm³/mol. The highest BCUT2D eigenvalue weighted by Gasteiger charge is 2.19. The number of methoxy groups -OCH3 is 4. The maximum absolute atomic E-state index is 12.6. The van der Waals surface area contributed by atoms with Gasteiger partial charge in [-0.25, -0.2) is 13.2 Å². The summed E-state index contributed by atoms with van der Waals surface area (Å²) in [4.78, 5) is 11.9. The fourth-order valence-corrected chi connectivity index (χ4v) is 3.47. The van der Waals surface area contributed by atoms with Crippen molar-refractivity contribution in [1.29, 1.82) is 0 Å². The van der Waals surface area contributed by atoms with Gasteiger partial charge in [-0.1, -0.05) is 0 Å². The van der Waals surface area contributed by atoms with Crippen LogP contribution in [-0.4, -0.2) is 60.6 Å². The molecule has 4 N–H and O–H groups in total. The first kappa shape index (κ1) is 25.8. The smallest absolute Gasteiger partial charge is 0.330 e. The van der Waals surface area contributed by atoms with Crippen molar-refractivity contribution in [3.8, 4) is 28.7 Å². The monoisotopic (exact) mass is 482 g/mol. The van der Waals surface area contributed by atoms with Gasteiger partial charge in [-0.3, -0.25) is 4.72 Å². The molecule has 0 saturated heterocycles. The van der Waals surface area contributed by atoms with Crippen LogP contribution < -0.4 is 34.1 Å². The lowest BCUT2D eigenvalue weighted by Crippen LogP contribution is -2.37. The first-order valence-corrected chi connectivity index (χ1v) is 11.0. The van der Waals surface area contributed by atoms with E-state index in [4.69, 9.17) is 34.5 Å². The van der Waals surface area contributed by atoms with Crippen LogP contribution in [0.3, 0.4) is 0 Å². The van der Waals surface area contributed by atoms with Crippen molar-refractivity contribution in [1.82, 2.24) is 0 Å². The number of anilines is 1. The van der Waals surface area contributed by atoms with Crippen molar-refractivity contribution in [2.75, 3.05) is 39.8 Å². The van der Waals surface area contributed by atoms with Crippen molar-refractivity contribution >= 4 is 27.8 Å². The lowest BCUT2D eigenvalue weighted by Gasteiger charge is -2.14. The minimum Gasteiger partial charge on any atom is -0.496 e. The highest BCUT2D eigenvalue weighted by molar-refractivity contribution is 7.95. The van der Waals surface area contributed by atoms with E-state index in [1.165, 1.54) is 52.7 Å². The Kier molecular flexibility index (Phi) is 8.91. The average Bonchev–Trinajstić information content (AvgIpc) is 2.81. The summed E-state index contributed by atoms with van der Waals surface area (Å²) in [5, 5.41) is 9.92. The first-order chi connectivity index (χ1) is 15.7. The second kappa shape index (κ2) is 11.4. The molecule has 0 fully saturated rings. The van der Waals surface area contributed by atoms with Gasteiger partial charge in [-0.05, 0) is 18.2 Å². The fraction of sp³-hybridized carbons (Fsp3) is 0.286. The Labute approximate surface area is 191 Å². The number of hydrogen-bond acceptors (Lipinski definition) is 10. The van der Waals surface area contributed by atoms with E-state index in [2.05, 4.69) is 4.72 Å². The van der Waals surface area contributed by atoms with Gasteiger partial charge in [0.05, 0.1) is 51.7 Å². The molecule has 2 aromatic rings. The van der Waals surface area contributed by atoms with E-state index < -0.39 is 28.6 Å². The molecule has 180 valence electrons. The zero-order chi connectivity index (χ0) is 24.6. The van der Waals surface area contributed by atoms with Crippen LogP contribution in [0.1, 0.15) is 5.56 Å². The summed E-state index contributed by atoms with van der Waals surface area (Å²) in [5.74, 6) is 0.347. The molecule has 11 nitrogen and oxygen atoms in total. The number of rotatable bonds is 11. The van der Waals surface area contributed by atoms with Gasteiger partial charge >= 0.3 is 5.97 Å². The van der Waals surface area contributed by atoms with Gasteiger partial charge in [0, 0.05) is 18.2 Å². The quantitative estimate of drug-likeness (QED) is 0.316. The molecule has 0 aliphatic heterocycles. The number of benzene rings is 2. The largest absolute Gasteiger partial charge is 0.496 e. The molecule has 0 bridgehead atoms. The summed E-state index contributed by atoms with van der Waals surface area (Å²) in [7, 11) is 1.69. The number of aliphatic hydroxyl groups excluding tert-OH is 1. The molecule has 0 amide bonds. The summed E-state index contributed by atoms with van der Waals surface area (Å²) < 4.78 is 53.6. The Bertz CT molecular complexity index is 1090. The van der Waals surface area contributed by atoms with Gasteiger partial charge in [0.15, 0.2) is 11.5 Å². The van der Waals surface area contributed by atoms with Crippen LogP contribution in [0, 0.1) is 0 Å². The minimum absolute atomic E-state index is 0.0749. The molecule has 0 aliphatic rings. The Morgan fingerprint density at radius 1 is 1.00 bits per heavy atom. The van der Waals surface area contributed by atoms with Crippen molar-refractivity contribution in [3.05, 3.63) is 41.3 Å². The molecule has 0 aromatic heterocycles. The molecule has 12 heteroatoms. The van der Waals surface area contributed by atoms with Crippen LogP contribution >= 0.6 is 0 Å². The van der Waals surface area contributed by atoms with Gasteiger partial charge < -0.3 is 34.5 Å². The summed E-state index contributed by atoms with van der Waals surface area (Å²) in [6.45, 7) is -0.615. The molecule has 0 radical (unpaired) electrons. The van der Waals surface area contributed by atoms with Gasteiger partial charge in [-0.2, -0.15) is 0 Å². The van der Waals surface area contributed by atoms with Crippen molar-refractivity contribution in [2.24, 2.45) is 5.73 Å². The Hall–Kier alpha value is -3.48. The SMILES string of the molecule is COc1cc(OC)c(C=CS(=O)(=O)Nc2ccc(OC)c(OC(=O)[C@H](N)CO)c2)c(OC)c1. The van der Waals surface area contributed by atoms with Crippen LogP contribution in [-0.2, 0) is 14.8 Å². The summed E-state index contributed by atoms with van der Waals surface area (Å²) in [5.41, 5.74) is 5.92. The first-order valence-electron chi connectivity index (χ1n) is 9.45. The maximum atomic E-state index is 12.6. The average molecular weight is 483 g/mol. The molecule has 0 spiro atoms. The summed E-state index contributed by atoms with van der Waals surface area (Å²) >= 11 is 0. The summed E-state index contributed by atoms with van der Waals surface area (Å²) in [6.07, 6.45) is 1.31. The van der Waals surface area contributed by atoms with E-state index in [1.54, 1.807) is 12.1 Å². The zero-order valence-corrected chi connectivity index (χ0v) is 19.3. The van der Waals surface area contributed by atoms with E-state index in [0.29, 0.717) is 22.8 Å². The Morgan fingerprint density at radius 3 is 2.12 bits per heavy atom. The van der Waals surface area contributed by atoms with E-state index in [1.807, 2.05) is 0 Å². The van der Waals surface area contributed by atoms with E-state index >= 15 is 0 Å². The number of esters is 1. The highest BCUT2D eigenvalue weighted by atomic mass is 32.2. The van der Waals surface area contributed by atoms with Crippen LogP contribution in [0.2, 0.25) is 0 Å². The second-order valence-corrected chi connectivity index (χ2v) is 8.04. The lowest BCUT2D eigenvalue weighted by atomic mass is 10.1. The molecule has 2 aromatic carbocycles. The third-order valence-electron chi connectivity index (χ3n) is 4.30. The van der Waals surface area contributed by atoms with E-state index in [9.17, 15) is 13.2 Å². The predicted octanol–water partition coefficient (Wildman–Crippen LogP) is 1.36. The van der Waals surface area contributed by atoms with Crippen molar-refractivity contribution in [2.45, 2.75) is 6.04 Å². The molecule has 0 heterocycles. The van der Waals surface area contributed by atoms with Crippen LogP contribution in [0.4, 0.5) is 5.69 Å². The number of ether oxygens (including phenoxy) is 5. The molecular formula is C21H26N2O9S. The van der Waals surface area contributed by atoms with Gasteiger partial charge in [0.1, 0.15) is 23.3 Å². The summed E-state index contributed by atoms with van der Waals surface area (Å²) in [6, 6.07) is 5.99. The van der Waals surface area contributed by atoms with E-state index in [-0.39, 0.29) is 17.2 Å². The Balaban J connectivity index is 2.32. The van der Waals surface area contributed by atoms with Crippen LogP contribution in [0.15, 0.2) is 35.7 Å². The maximum Gasteiger partial charge on any atom is 0.330 e. The number of aliphatic hydroxyl groups is 1. The standard InChI is InChI=1S/C21H26N2O9S/c1-28-14-10-18(30-3)15(19(11-14)31-4)7-8-33(26,27)23-13-5-6-17(29-2)20(9-13)32-21(25)16(22)12-24/h5-11,16,23-24H,12,22H2,1-4H3/t16-/m1/s1. The lowest BCUT2D eigenvalue weighted by molar-refractivity contribution is -0.136. The normalized spacial score (nSPS) is 12.2. The topological polar surface area (TPSA) is 156 Å². The number of hydrogen-bond donors (Lipinski definition) is 3. The molecule has 0 unspecified atom stereocenters. The van der Waals surface area contributed by atoms with Crippen molar-refractivity contribution < 1.29 is 42.0 Å². The van der Waals surface area contributed by atoms with Gasteiger partial charge in [-0.15, -0.1) is 0 Å². The zero-order valence-electron chi connectivity index (χ0n) is 18.5. The van der Waals surface area contributed by atoms with Gasteiger partial charge in [0.2, 0.25) is 0 Å². The molecule has 33 heavy (non-hydrogen) atoms. The van der Waals surface area contributed by atoms with Crippen LogP contribution in [0.25, 0.3) is 6.08 Å². The fourth-order valence-electron chi connectivity index (χ4n) is 2.63. The minimum atomic E-state index is -4.00. The Morgan fingerprint density at radius 2 is 1.61 bits per heavy atom. The molecule has 0 saturated carbocycles. The third-order valence-corrected chi connectivity index (χ3v) is 5.32. The number of carbonyl (C=O) groups is 1. The van der Waals surface area contributed by atoms with Gasteiger partial charge in [0.25, 0.3) is 10.0 Å². The van der Waals surface area contributed by atoms with E-state index in [0.717, 1.165) is 5.41 Å². The van der Waals surface area contributed by atoms with Crippen molar-refractivity contribution in [3.63, 3.8) is 0 Å². The molecular weight excluding hydrogens is 456 g/mol. The highest BCUT2D eigenvalue weighted by Crippen LogP contribution is 2.35.